The summed E-state index contributed by atoms with van der Waals surface area (Å²) in [5.41, 5.74) is 13.9. The Morgan fingerprint density at radius 1 is 0.766 bits per heavy atom. The van der Waals surface area contributed by atoms with E-state index in [2.05, 4.69) is 74.0 Å². The normalized spacial score (nSPS) is 32.5. The number of ether oxygens (including phenoxy) is 2. The van der Waals surface area contributed by atoms with Crippen LogP contribution in [0.15, 0.2) is 0 Å². The maximum absolute atomic E-state index is 6.65. The lowest BCUT2D eigenvalue weighted by atomic mass is 9.72. The van der Waals surface area contributed by atoms with Crippen molar-refractivity contribution < 1.29 is 9.47 Å². The topological polar surface area (TPSA) is 120 Å². The minimum atomic E-state index is -0.00726. The van der Waals surface area contributed by atoms with Crippen LogP contribution in [-0.4, -0.2) is 100 Å². The molecule has 2 spiro atoms. The highest BCUT2D eigenvalue weighted by atomic mass is 16.5. The van der Waals surface area contributed by atoms with Crippen LogP contribution < -0.4 is 11.1 Å². The quantitative estimate of drug-likeness (QED) is 0.245. The fourth-order valence-corrected chi connectivity index (χ4v) is 9.52. The number of rotatable bonds is 12. The number of hydrogen-bond donors (Lipinski definition) is 4. The molecule has 0 radical (unpaired) electrons. The molecule has 2 saturated heterocycles. The Hall–Kier alpha value is -1.82. The molecule has 5 N–H and O–H groups in total. The van der Waals surface area contributed by atoms with Crippen LogP contribution in [0.5, 0.6) is 0 Å². The van der Waals surface area contributed by atoms with E-state index in [1.165, 1.54) is 53.2 Å². The molecule has 0 amide bonds. The first-order valence-corrected chi connectivity index (χ1v) is 18.5. The molecule has 0 aromatic carbocycles. The molecule has 2 aliphatic carbocycles. The van der Waals surface area contributed by atoms with Crippen LogP contribution in [0.25, 0.3) is 0 Å². The van der Waals surface area contributed by atoms with E-state index in [4.69, 9.17) is 25.4 Å². The van der Waals surface area contributed by atoms with Gasteiger partial charge in [0, 0.05) is 79.2 Å². The molecule has 264 valence electrons. The van der Waals surface area contributed by atoms with Gasteiger partial charge in [-0.05, 0) is 104 Å². The van der Waals surface area contributed by atoms with Gasteiger partial charge in [-0.1, -0.05) is 13.8 Å². The monoisotopic (exact) mass is 653 g/mol. The Balaban J connectivity index is 0.963. The molecule has 2 saturated carbocycles. The van der Waals surface area contributed by atoms with E-state index < -0.39 is 0 Å². The second-order valence-electron chi connectivity index (χ2n) is 17.2. The highest BCUT2D eigenvalue weighted by Crippen LogP contribution is 2.50. The number of nitrogens with one attached hydrogen (secondary N) is 3. The molecule has 2 aromatic heterocycles. The van der Waals surface area contributed by atoms with Gasteiger partial charge in [0.25, 0.3) is 0 Å². The van der Waals surface area contributed by atoms with Crippen LogP contribution in [0.4, 0.5) is 0 Å². The van der Waals surface area contributed by atoms with E-state index in [0.717, 1.165) is 90.9 Å². The molecule has 4 aliphatic rings. The molecular formula is C37H64N8O2. The summed E-state index contributed by atoms with van der Waals surface area (Å²) in [6.45, 7) is 18.4. The van der Waals surface area contributed by atoms with Gasteiger partial charge >= 0.3 is 0 Å². The van der Waals surface area contributed by atoms with E-state index >= 15 is 0 Å². The molecule has 10 nitrogen and oxygen atoms in total. The van der Waals surface area contributed by atoms with Crippen LogP contribution in [0, 0.1) is 19.3 Å². The van der Waals surface area contributed by atoms with Crippen LogP contribution in [0.2, 0.25) is 0 Å². The number of H-pyrrole nitrogens is 2. The zero-order valence-electron chi connectivity index (χ0n) is 30.6. The second kappa shape index (κ2) is 13.8. The summed E-state index contributed by atoms with van der Waals surface area (Å²) in [4.78, 5) is 4.75. The van der Waals surface area contributed by atoms with Gasteiger partial charge in [-0.3, -0.25) is 10.2 Å². The van der Waals surface area contributed by atoms with E-state index in [9.17, 15) is 0 Å². The Kier molecular flexibility index (Phi) is 10.3. The van der Waals surface area contributed by atoms with Crippen molar-refractivity contribution in [1.82, 2.24) is 35.5 Å². The van der Waals surface area contributed by atoms with Crippen molar-refractivity contribution in [3.63, 3.8) is 0 Å². The minimum Gasteiger partial charge on any atom is -0.374 e. The molecule has 10 heteroatoms. The molecule has 0 bridgehead atoms. The highest BCUT2D eigenvalue weighted by Gasteiger charge is 2.49. The maximum atomic E-state index is 6.65. The number of aryl methyl sites for hydroxylation is 2. The fraction of sp³-hybridized carbons (Fsp3) is 0.838. The smallest absolute Gasteiger partial charge is 0.0702 e. The molecule has 2 aliphatic heterocycles. The van der Waals surface area contributed by atoms with Gasteiger partial charge in [-0.15, -0.1) is 0 Å². The molecule has 1 atom stereocenters. The van der Waals surface area contributed by atoms with Gasteiger partial charge in [0.2, 0.25) is 0 Å². The van der Waals surface area contributed by atoms with Crippen molar-refractivity contribution >= 4 is 0 Å². The number of likely N-dealkylation sites (N-methyl/N-ethyl adjacent to an activating group) is 2. The van der Waals surface area contributed by atoms with Gasteiger partial charge in [-0.2, -0.15) is 10.2 Å². The summed E-state index contributed by atoms with van der Waals surface area (Å²) in [6, 6.07) is 0. The molecule has 2 aromatic rings. The van der Waals surface area contributed by atoms with E-state index in [-0.39, 0.29) is 16.7 Å². The maximum Gasteiger partial charge on any atom is 0.0702 e. The average molecular weight is 653 g/mol. The van der Waals surface area contributed by atoms with Gasteiger partial charge < -0.3 is 30.3 Å². The Morgan fingerprint density at radius 3 is 1.74 bits per heavy atom. The van der Waals surface area contributed by atoms with Gasteiger partial charge in [0.15, 0.2) is 0 Å². The number of nitrogens with zero attached hydrogens (tertiary/aromatic N) is 4. The Bertz CT molecular complexity index is 1340. The molecule has 4 fully saturated rings. The lowest BCUT2D eigenvalue weighted by molar-refractivity contribution is -0.0297. The summed E-state index contributed by atoms with van der Waals surface area (Å²) in [5, 5.41) is 20.2. The second-order valence-corrected chi connectivity index (χ2v) is 17.2. The molecule has 47 heavy (non-hydrogen) atoms. The van der Waals surface area contributed by atoms with Crippen LogP contribution in [-0.2, 0) is 22.6 Å². The van der Waals surface area contributed by atoms with E-state index in [1.54, 1.807) is 0 Å². The first-order valence-electron chi connectivity index (χ1n) is 18.5. The van der Waals surface area contributed by atoms with Crippen LogP contribution in [0.3, 0.4) is 0 Å². The first-order chi connectivity index (χ1) is 22.3. The van der Waals surface area contributed by atoms with Crippen molar-refractivity contribution in [1.29, 1.82) is 0 Å². The third-order valence-electron chi connectivity index (χ3n) is 12.2. The Labute approximate surface area is 283 Å². The highest BCUT2D eigenvalue weighted by molar-refractivity contribution is 5.29. The standard InChI is InChI=1S/C37H64N8O2/c1-26-30(20-44(6)18-16-38)32(42-40-26)29-10-14-37(15-11-29)23-35(5,25-47-37)39-17-19-45(7)21-31-27(2)41-43-33(31)28-8-12-36(13-9-28)22-34(3,4)24-46-36/h28-29,39H,8-25,38H2,1-7H3,(H,40,42)(H,41,43). The summed E-state index contributed by atoms with van der Waals surface area (Å²) in [7, 11) is 4.39. The van der Waals surface area contributed by atoms with Gasteiger partial charge in [0.1, 0.15) is 0 Å². The van der Waals surface area contributed by atoms with Crippen molar-refractivity contribution in [2.75, 3.05) is 53.5 Å². The zero-order chi connectivity index (χ0) is 33.5. The SMILES string of the molecule is Cc1[nH]nc(C2CCC3(CC2)CC(C)(NCCN(C)Cc2c(C4CCC5(CC4)CC(C)(C)CO5)n[nH]c2C)CO3)c1CN(C)CCN. The third kappa shape index (κ3) is 7.83. The summed E-state index contributed by atoms with van der Waals surface area (Å²) < 4.78 is 13.1. The summed E-state index contributed by atoms with van der Waals surface area (Å²) in [6.07, 6.45) is 11.4. The van der Waals surface area contributed by atoms with E-state index in [1.807, 2.05) is 0 Å². The van der Waals surface area contributed by atoms with Gasteiger partial charge in [-0.25, -0.2) is 0 Å². The average Bonchev–Trinajstić information content (AvgIpc) is 3.75. The summed E-state index contributed by atoms with van der Waals surface area (Å²) >= 11 is 0. The molecule has 1 unspecified atom stereocenters. The number of nitrogens with two attached hydrogens (primary N) is 1. The Morgan fingerprint density at radius 2 is 1.26 bits per heavy atom. The predicted molar refractivity (Wildman–Crippen MR) is 188 cm³/mol. The van der Waals surface area contributed by atoms with Gasteiger partial charge in [0.05, 0.1) is 35.8 Å². The van der Waals surface area contributed by atoms with Crippen molar-refractivity contribution in [3.8, 4) is 0 Å². The van der Waals surface area contributed by atoms with Crippen molar-refractivity contribution in [3.05, 3.63) is 33.9 Å². The molecule has 4 heterocycles. The van der Waals surface area contributed by atoms with Crippen LogP contribution in [0.1, 0.15) is 131 Å². The fourth-order valence-electron chi connectivity index (χ4n) is 9.52. The number of aromatic amines is 2. The summed E-state index contributed by atoms with van der Waals surface area (Å²) in [5.74, 6) is 1.03. The molecular weight excluding hydrogens is 588 g/mol. The van der Waals surface area contributed by atoms with Crippen molar-refractivity contribution in [2.24, 2.45) is 11.1 Å². The molecule has 6 rings (SSSR count). The third-order valence-corrected chi connectivity index (χ3v) is 12.2. The number of hydrogen-bond acceptors (Lipinski definition) is 8. The minimum absolute atomic E-state index is 0.00726. The number of aromatic nitrogens is 4. The lowest BCUT2D eigenvalue weighted by Crippen LogP contribution is -2.47. The lowest BCUT2D eigenvalue weighted by Gasteiger charge is -2.37. The van der Waals surface area contributed by atoms with Crippen LogP contribution >= 0.6 is 0 Å². The van der Waals surface area contributed by atoms with Crippen molar-refractivity contribution in [2.45, 2.75) is 140 Å². The predicted octanol–water partition coefficient (Wildman–Crippen LogP) is 5.28. The zero-order valence-corrected chi connectivity index (χ0v) is 30.6. The first kappa shape index (κ1) is 35.0. The largest absolute Gasteiger partial charge is 0.374 e. The van der Waals surface area contributed by atoms with E-state index in [0.29, 0.717) is 23.8 Å².